The molecule has 8 rings (SSSR count). The van der Waals surface area contributed by atoms with E-state index in [4.69, 9.17) is 9.47 Å². The smallest absolute Gasteiger partial charge is 0.330 e. The summed E-state index contributed by atoms with van der Waals surface area (Å²) in [5.41, 5.74) is 8.21. The molecule has 0 bridgehead atoms. The number of benzene rings is 6. The summed E-state index contributed by atoms with van der Waals surface area (Å²) in [7, 11) is 0. The molecule has 8 aromatic rings. The van der Waals surface area contributed by atoms with Gasteiger partial charge in [0.1, 0.15) is 23.2 Å². The minimum absolute atomic E-state index is 0.171. The van der Waals surface area contributed by atoms with Crippen molar-refractivity contribution in [2.75, 3.05) is 9.80 Å². The van der Waals surface area contributed by atoms with Crippen LogP contribution in [-0.2, 0) is 32.3 Å². The summed E-state index contributed by atoms with van der Waals surface area (Å²) in [6.07, 6.45) is 2.36. The number of anilines is 6. The fourth-order valence-corrected chi connectivity index (χ4v) is 9.68. The van der Waals surface area contributed by atoms with E-state index in [1.807, 2.05) is 24.3 Å². The lowest BCUT2D eigenvalue weighted by Gasteiger charge is -2.25. The lowest BCUT2D eigenvalue weighted by atomic mass is 10.1. The van der Waals surface area contributed by atoms with Gasteiger partial charge in [0, 0.05) is 56.4 Å². The Labute approximate surface area is 346 Å². The number of ether oxygens (including phenoxy) is 2. The number of carbonyl (C=O) groups is 2. The molecule has 0 atom stereocenters. The molecule has 0 amide bonds. The van der Waals surface area contributed by atoms with E-state index >= 15 is 0 Å². The number of carbonyl (C=O) groups excluding carboxylic acids is 2. The van der Waals surface area contributed by atoms with Gasteiger partial charge in [0.05, 0.1) is 9.75 Å². The standard InChI is InChI=1S/C50H40N2O4S2/c1-5-45(53)55-31-35-19-27-39(28-20-35)51(37-23-15-33(3)16-24-37)49-43-13-9-7-11-41(43)47(57-49)48-42-12-8-10-14-44(42)50(58-48)52(38-25-17-34(4)18-26-38)40-29-21-36(22-30-40)32-56-46(54)6-2/h5-30H,1-2,31-32H2,3-4H3. The van der Waals surface area contributed by atoms with Gasteiger partial charge in [-0.25, -0.2) is 9.59 Å². The zero-order chi connectivity index (χ0) is 40.2. The Morgan fingerprint density at radius 2 is 0.793 bits per heavy atom. The van der Waals surface area contributed by atoms with Gasteiger partial charge in [0.25, 0.3) is 0 Å². The van der Waals surface area contributed by atoms with Crippen LogP contribution < -0.4 is 9.80 Å². The first kappa shape index (κ1) is 38.1. The molecule has 286 valence electrons. The van der Waals surface area contributed by atoms with Gasteiger partial charge >= 0.3 is 11.9 Å². The van der Waals surface area contributed by atoms with E-state index in [9.17, 15) is 9.59 Å². The van der Waals surface area contributed by atoms with Crippen LogP contribution in [-0.4, -0.2) is 11.9 Å². The monoisotopic (exact) mass is 796 g/mol. The van der Waals surface area contributed by atoms with Crippen LogP contribution >= 0.6 is 22.7 Å². The van der Waals surface area contributed by atoms with Gasteiger partial charge in [0.15, 0.2) is 0 Å². The van der Waals surface area contributed by atoms with Crippen LogP contribution in [0.1, 0.15) is 22.3 Å². The SMILES string of the molecule is C=CC(=O)OCc1ccc(N(c2ccc(C)cc2)c2sc(-c3sc(N(c4ccc(C)cc4)c4ccc(COC(=O)C=C)cc4)c4ccccc34)c3ccccc23)cc1. The van der Waals surface area contributed by atoms with Gasteiger partial charge in [0.2, 0.25) is 0 Å². The third kappa shape index (κ3) is 7.80. The van der Waals surface area contributed by atoms with E-state index in [1.165, 1.54) is 43.8 Å². The van der Waals surface area contributed by atoms with Crippen molar-refractivity contribution < 1.29 is 19.1 Å². The molecular weight excluding hydrogens is 757 g/mol. The van der Waals surface area contributed by atoms with E-state index in [0.717, 1.165) is 54.7 Å². The van der Waals surface area contributed by atoms with Crippen molar-refractivity contribution in [2.24, 2.45) is 0 Å². The first-order chi connectivity index (χ1) is 28.3. The number of aryl methyl sites for hydroxylation is 2. The molecule has 0 aliphatic heterocycles. The summed E-state index contributed by atoms with van der Waals surface area (Å²) in [6, 6.07) is 50.8. The molecule has 0 unspecified atom stereocenters. The molecule has 6 aromatic carbocycles. The van der Waals surface area contributed by atoms with Crippen LogP contribution in [0.15, 0.2) is 171 Å². The Bertz CT molecular complexity index is 2570. The zero-order valence-electron chi connectivity index (χ0n) is 32.2. The van der Waals surface area contributed by atoms with Crippen molar-refractivity contribution in [1.82, 2.24) is 0 Å². The highest BCUT2D eigenvalue weighted by atomic mass is 32.1. The molecule has 0 N–H and O–H groups in total. The van der Waals surface area contributed by atoms with Gasteiger partial charge in [-0.2, -0.15) is 0 Å². The van der Waals surface area contributed by atoms with Gasteiger partial charge in [-0.3, -0.25) is 0 Å². The number of esters is 2. The van der Waals surface area contributed by atoms with Crippen LogP contribution in [0, 0.1) is 13.8 Å². The van der Waals surface area contributed by atoms with Crippen LogP contribution in [0.5, 0.6) is 0 Å². The second-order valence-corrected chi connectivity index (χ2v) is 15.9. The van der Waals surface area contributed by atoms with Crippen molar-refractivity contribution in [3.05, 3.63) is 193 Å². The Morgan fingerprint density at radius 3 is 1.12 bits per heavy atom. The highest BCUT2D eigenvalue weighted by molar-refractivity contribution is 7.28. The number of hydrogen-bond donors (Lipinski definition) is 0. The molecule has 0 saturated heterocycles. The topological polar surface area (TPSA) is 59.1 Å². The van der Waals surface area contributed by atoms with Gasteiger partial charge in [-0.15, -0.1) is 22.7 Å². The summed E-state index contributed by atoms with van der Waals surface area (Å²) in [4.78, 5) is 30.6. The molecule has 0 saturated carbocycles. The second kappa shape index (κ2) is 16.8. The number of nitrogens with zero attached hydrogens (tertiary/aromatic N) is 2. The minimum Gasteiger partial charge on any atom is -0.458 e. The second-order valence-electron chi connectivity index (χ2n) is 13.9. The minimum atomic E-state index is -0.448. The summed E-state index contributed by atoms with van der Waals surface area (Å²) in [5.74, 6) is -0.897. The quantitative estimate of drug-likeness (QED) is 0.0855. The van der Waals surface area contributed by atoms with E-state index in [2.05, 4.69) is 158 Å². The van der Waals surface area contributed by atoms with Crippen molar-refractivity contribution in [2.45, 2.75) is 27.1 Å². The number of hydrogen-bond acceptors (Lipinski definition) is 8. The molecule has 2 heterocycles. The van der Waals surface area contributed by atoms with Crippen molar-refractivity contribution in [3.63, 3.8) is 0 Å². The summed E-state index contributed by atoms with van der Waals surface area (Å²) >= 11 is 3.57. The maximum Gasteiger partial charge on any atom is 0.330 e. The molecule has 58 heavy (non-hydrogen) atoms. The third-order valence-electron chi connectivity index (χ3n) is 9.88. The van der Waals surface area contributed by atoms with Crippen LogP contribution in [0.3, 0.4) is 0 Å². The third-order valence-corrected chi connectivity index (χ3v) is 12.5. The molecule has 0 spiro atoms. The van der Waals surface area contributed by atoms with E-state index in [0.29, 0.717) is 0 Å². The molecule has 0 fully saturated rings. The maximum absolute atomic E-state index is 11.8. The predicted molar refractivity (Wildman–Crippen MR) is 241 cm³/mol. The van der Waals surface area contributed by atoms with Crippen LogP contribution in [0.25, 0.3) is 31.3 Å². The Kier molecular flexibility index (Phi) is 11.0. The van der Waals surface area contributed by atoms with E-state index < -0.39 is 11.9 Å². The van der Waals surface area contributed by atoms with Gasteiger partial charge < -0.3 is 19.3 Å². The molecule has 2 aromatic heterocycles. The molecule has 8 heteroatoms. The van der Waals surface area contributed by atoms with Crippen LogP contribution in [0.2, 0.25) is 0 Å². The zero-order valence-corrected chi connectivity index (χ0v) is 33.8. The number of fused-ring (bicyclic) bond motifs is 2. The van der Waals surface area contributed by atoms with Crippen molar-refractivity contribution >= 4 is 88.9 Å². The van der Waals surface area contributed by atoms with Crippen LogP contribution in [0.4, 0.5) is 32.8 Å². The Morgan fingerprint density at radius 1 is 0.483 bits per heavy atom. The average Bonchev–Trinajstić information content (AvgIpc) is 3.83. The largest absolute Gasteiger partial charge is 0.458 e. The fourth-order valence-electron chi connectivity index (χ4n) is 6.88. The fraction of sp³-hybridized carbons (Fsp3) is 0.0800. The van der Waals surface area contributed by atoms with Gasteiger partial charge in [-0.1, -0.05) is 121 Å². The molecular formula is C50H40N2O4S2. The summed E-state index contributed by atoms with van der Waals surface area (Å²) in [6.45, 7) is 11.6. The molecule has 0 aliphatic rings. The van der Waals surface area contributed by atoms with E-state index in [1.54, 1.807) is 22.7 Å². The Hall–Kier alpha value is -6.74. The molecule has 6 nitrogen and oxygen atoms in total. The average molecular weight is 797 g/mol. The first-order valence-corrected chi connectivity index (χ1v) is 20.5. The molecule has 0 radical (unpaired) electrons. The molecule has 0 aliphatic carbocycles. The highest BCUT2D eigenvalue weighted by Crippen LogP contribution is 2.55. The lowest BCUT2D eigenvalue weighted by molar-refractivity contribution is -0.139. The first-order valence-electron chi connectivity index (χ1n) is 18.8. The maximum atomic E-state index is 11.8. The predicted octanol–water partition coefficient (Wildman–Crippen LogP) is 13.8. The van der Waals surface area contributed by atoms with E-state index in [-0.39, 0.29) is 13.2 Å². The number of thiophene rings is 2. The van der Waals surface area contributed by atoms with Gasteiger partial charge in [-0.05, 0) is 73.5 Å². The van der Waals surface area contributed by atoms with Crippen molar-refractivity contribution in [3.8, 4) is 9.75 Å². The van der Waals surface area contributed by atoms with Crippen molar-refractivity contribution in [1.29, 1.82) is 0 Å². The normalized spacial score (nSPS) is 11.0. The highest BCUT2D eigenvalue weighted by Gasteiger charge is 2.26. The summed E-state index contributed by atoms with van der Waals surface area (Å²) < 4.78 is 10.6. The lowest BCUT2D eigenvalue weighted by Crippen LogP contribution is -2.09. The summed E-state index contributed by atoms with van der Waals surface area (Å²) in [5, 5.41) is 6.84. The number of rotatable bonds is 13. The Balaban J connectivity index is 1.27.